The van der Waals surface area contributed by atoms with Gasteiger partial charge in [-0.1, -0.05) is 30.0 Å². The van der Waals surface area contributed by atoms with Crippen molar-refractivity contribution in [2.75, 3.05) is 11.6 Å². The quantitative estimate of drug-likeness (QED) is 0.546. The van der Waals surface area contributed by atoms with Gasteiger partial charge in [0.2, 0.25) is 11.7 Å². The molecule has 0 atom stereocenters. The Morgan fingerprint density at radius 2 is 2.08 bits per heavy atom. The maximum Gasteiger partial charge on any atom is 0.270 e. The van der Waals surface area contributed by atoms with E-state index in [9.17, 15) is 9.59 Å². The number of carbonyl (C=O) groups excluding carboxylic acids is 1. The van der Waals surface area contributed by atoms with E-state index in [-0.39, 0.29) is 18.0 Å². The number of rotatable bonds is 4. The molecule has 0 aliphatic heterocycles. The summed E-state index contributed by atoms with van der Waals surface area (Å²) < 4.78 is 2.94. The Hall–Kier alpha value is -2.65. The molecule has 0 aliphatic rings. The zero-order chi connectivity index (χ0) is 18.3. The molecule has 1 amide bonds. The number of thiophene rings is 1. The van der Waals surface area contributed by atoms with Crippen molar-refractivity contribution in [2.45, 2.75) is 18.6 Å². The molecule has 0 aliphatic carbocycles. The molecule has 0 fully saturated rings. The molecule has 7 nitrogen and oxygen atoms in total. The standard InChI is InChI=1S/C17H15N5O2S2/c1-10-8-12-14(26-10)19-16-21(20-17(25-2)22(16)15(12)24)9-13(23)18-11-6-4-3-5-7-11/h3-8H,9H2,1-2H3,(H,18,23). The zero-order valence-corrected chi connectivity index (χ0v) is 15.7. The first kappa shape index (κ1) is 16.8. The second kappa shape index (κ2) is 6.58. The van der Waals surface area contributed by atoms with Crippen LogP contribution >= 0.6 is 23.1 Å². The van der Waals surface area contributed by atoms with Crippen LogP contribution in [0.2, 0.25) is 0 Å². The molecule has 132 valence electrons. The molecule has 0 radical (unpaired) electrons. The van der Waals surface area contributed by atoms with Crippen LogP contribution in [0.4, 0.5) is 5.69 Å². The molecule has 3 aromatic heterocycles. The van der Waals surface area contributed by atoms with Crippen molar-refractivity contribution < 1.29 is 4.79 Å². The number of para-hydroxylation sites is 1. The van der Waals surface area contributed by atoms with Gasteiger partial charge >= 0.3 is 0 Å². The molecule has 4 rings (SSSR count). The van der Waals surface area contributed by atoms with Gasteiger partial charge in [-0.15, -0.1) is 16.4 Å². The van der Waals surface area contributed by atoms with Crippen LogP contribution in [0.3, 0.4) is 0 Å². The number of aryl methyl sites for hydroxylation is 1. The lowest BCUT2D eigenvalue weighted by molar-refractivity contribution is -0.116. The summed E-state index contributed by atoms with van der Waals surface area (Å²) in [5, 5.41) is 8.31. The maximum absolute atomic E-state index is 12.8. The van der Waals surface area contributed by atoms with Crippen molar-refractivity contribution in [2.24, 2.45) is 0 Å². The van der Waals surface area contributed by atoms with Gasteiger partial charge in [0, 0.05) is 10.6 Å². The van der Waals surface area contributed by atoms with E-state index in [0.717, 1.165) is 4.88 Å². The van der Waals surface area contributed by atoms with E-state index in [2.05, 4.69) is 15.4 Å². The molecule has 0 bridgehead atoms. The smallest absolute Gasteiger partial charge is 0.270 e. The summed E-state index contributed by atoms with van der Waals surface area (Å²) in [5.74, 6) is 0.141. The van der Waals surface area contributed by atoms with Crippen molar-refractivity contribution in [1.29, 1.82) is 0 Å². The Bertz CT molecular complexity index is 1180. The van der Waals surface area contributed by atoms with Crippen LogP contribution in [-0.4, -0.2) is 31.3 Å². The largest absolute Gasteiger partial charge is 0.324 e. The Kier molecular flexibility index (Phi) is 4.25. The number of fused-ring (bicyclic) bond motifs is 2. The molecule has 1 N–H and O–H groups in total. The monoisotopic (exact) mass is 385 g/mol. The fourth-order valence-corrected chi connectivity index (χ4v) is 4.12. The second-order valence-corrected chi connectivity index (χ2v) is 7.69. The van der Waals surface area contributed by atoms with Gasteiger partial charge in [-0.25, -0.2) is 14.1 Å². The van der Waals surface area contributed by atoms with Gasteiger partial charge < -0.3 is 5.32 Å². The Balaban J connectivity index is 1.77. The number of aromatic nitrogens is 4. The van der Waals surface area contributed by atoms with E-state index in [1.165, 1.54) is 32.2 Å². The Morgan fingerprint density at radius 3 is 2.81 bits per heavy atom. The molecule has 26 heavy (non-hydrogen) atoms. The Labute approximate surface area is 156 Å². The van der Waals surface area contributed by atoms with E-state index in [1.54, 1.807) is 0 Å². The van der Waals surface area contributed by atoms with Crippen LogP contribution in [0.1, 0.15) is 4.88 Å². The van der Waals surface area contributed by atoms with E-state index < -0.39 is 0 Å². The van der Waals surface area contributed by atoms with Crippen LogP contribution in [0, 0.1) is 6.92 Å². The highest BCUT2D eigenvalue weighted by molar-refractivity contribution is 7.98. The Morgan fingerprint density at radius 1 is 1.31 bits per heavy atom. The predicted octanol–water partition coefficient (Wildman–Crippen LogP) is 2.77. The molecule has 9 heteroatoms. The normalized spacial score (nSPS) is 11.3. The SMILES string of the molecule is CSc1nn(CC(=O)Nc2ccccc2)c2nc3sc(C)cc3c(=O)n12. The van der Waals surface area contributed by atoms with Crippen LogP contribution in [0.15, 0.2) is 46.3 Å². The third kappa shape index (κ3) is 2.89. The number of thioether (sulfide) groups is 1. The zero-order valence-electron chi connectivity index (χ0n) is 14.1. The number of hydrogen-bond donors (Lipinski definition) is 1. The molecular weight excluding hydrogens is 370 g/mol. The van der Waals surface area contributed by atoms with Crippen molar-refractivity contribution in [3.63, 3.8) is 0 Å². The van der Waals surface area contributed by atoms with Crippen molar-refractivity contribution in [1.82, 2.24) is 19.2 Å². The van der Waals surface area contributed by atoms with Gasteiger partial charge in [0.15, 0.2) is 5.16 Å². The van der Waals surface area contributed by atoms with Crippen LogP contribution in [-0.2, 0) is 11.3 Å². The number of carbonyl (C=O) groups is 1. The number of benzene rings is 1. The molecule has 0 unspecified atom stereocenters. The lowest BCUT2D eigenvalue weighted by Crippen LogP contribution is -2.21. The number of nitrogens with zero attached hydrogens (tertiary/aromatic N) is 4. The third-order valence-electron chi connectivity index (χ3n) is 3.83. The number of nitrogens with one attached hydrogen (secondary N) is 1. The van der Waals surface area contributed by atoms with E-state index in [1.807, 2.05) is 49.6 Å². The third-order valence-corrected chi connectivity index (χ3v) is 5.41. The van der Waals surface area contributed by atoms with Gasteiger partial charge in [-0.2, -0.15) is 0 Å². The molecule has 1 aromatic carbocycles. The summed E-state index contributed by atoms with van der Waals surface area (Å²) in [7, 11) is 0. The summed E-state index contributed by atoms with van der Waals surface area (Å²) in [6, 6.07) is 11.0. The van der Waals surface area contributed by atoms with Gasteiger partial charge in [0.25, 0.3) is 5.56 Å². The molecule has 0 saturated carbocycles. The summed E-state index contributed by atoms with van der Waals surface area (Å²) in [6.45, 7) is 1.91. The highest BCUT2D eigenvalue weighted by Crippen LogP contribution is 2.23. The number of anilines is 1. The summed E-state index contributed by atoms with van der Waals surface area (Å²) in [5.41, 5.74) is 0.550. The molecule has 0 spiro atoms. The van der Waals surface area contributed by atoms with Gasteiger partial charge in [0.05, 0.1) is 5.39 Å². The summed E-state index contributed by atoms with van der Waals surface area (Å²) in [4.78, 5) is 31.5. The minimum atomic E-state index is -0.231. The van der Waals surface area contributed by atoms with Crippen LogP contribution < -0.4 is 10.9 Å². The summed E-state index contributed by atoms with van der Waals surface area (Å²) in [6.07, 6.45) is 1.84. The van der Waals surface area contributed by atoms with Crippen LogP contribution in [0.5, 0.6) is 0 Å². The van der Waals surface area contributed by atoms with Gasteiger partial charge in [-0.3, -0.25) is 9.59 Å². The molecule has 0 saturated heterocycles. The minimum Gasteiger partial charge on any atom is -0.324 e. The average molecular weight is 385 g/mol. The highest BCUT2D eigenvalue weighted by Gasteiger charge is 2.18. The lowest BCUT2D eigenvalue weighted by Gasteiger charge is -2.05. The molecule has 4 aromatic rings. The fraction of sp³-hybridized carbons (Fsp3) is 0.176. The lowest BCUT2D eigenvalue weighted by atomic mass is 10.3. The average Bonchev–Trinajstić information content (AvgIpc) is 3.16. The molecular formula is C17H15N5O2S2. The predicted molar refractivity (Wildman–Crippen MR) is 104 cm³/mol. The fourth-order valence-electron chi connectivity index (χ4n) is 2.72. The first-order chi connectivity index (χ1) is 12.6. The van der Waals surface area contributed by atoms with Crippen molar-refractivity contribution >= 4 is 50.7 Å². The maximum atomic E-state index is 12.8. The highest BCUT2D eigenvalue weighted by atomic mass is 32.2. The first-order valence-electron chi connectivity index (χ1n) is 7.85. The van der Waals surface area contributed by atoms with Crippen molar-refractivity contribution in [3.05, 3.63) is 51.6 Å². The van der Waals surface area contributed by atoms with Gasteiger partial charge in [0.1, 0.15) is 11.4 Å². The number of amides is 1. The van der Waals surface area contributed by atoms with Gasteiger partial charge in [-0.05, 0) is 31.4 Å². The number of hydrogen-bond acceptors (Lipinski definition) is 6. The van der Waals surface area contributed by atoms with Crippen molar-refractivity contribution in [3.8, 4) is 0 Å². The van der Waals surface area contributed by atoms with E-state index in [4.69, 9.17) is 0 Å². The summed E-state index contributed by atoms with van der Waals surface area (Å²) >= 11 is 2.80. The van der Waals surface area contributed by atoms with E-state index in [0.29, 0.717) is 26.8 Å². The minimum absolute atomic E-state index is 0.0265. The van der Waals surface area contributed by atoms with Crippen LogP contribution in [0.25, 0.3) is 16.0 Å². The first-order valence-corrected chi connectivity index (χ1v) is 9.89. The topological polar surface area (TPSA) is 81.3 Å². The van der Waals surface area contributed by atoms with E-state index >= 15 is 0 Å². The molecule has 3 heterocycles. The second-order valence-electron chi connectivity index (χ2n) is 5.69.